The molecule has 0 bridgehead atoms. The summed E-state index contributed by atoms with van der Waals surface area (Å²) in [5.74, 6) is 2.22. The zero-order valence-electron chi connectivity index (χ0n) is 14.7. The van der Waals surface area contributed by atoms with Crippen molar-refractivity contribution in [3.05, 3.63) is 54.2 Å². The molecule has 1 heterocycles. The van der Waals surface area contributed by atoms with Crippen molar-refractivity contribution in [1.29, 1.82) is 0 Å². The van der Waals surface area contributed by atoms with Crippen molar-refractivity contribution in [2.75, 3.05) is 18.6 Å². The van der Waals surface area contributed by atoms with Crippen LogP contribution in [0.25, 0.3) is 10.9 Å². The maximum atomic E-state index is 12.7. The highest BCUT2D eigenvalue weighted by Crippen LogP contribution is 2.27. The number of H-pyrrole nitrogens is 1. The zero-order chi connectivity index (χ0) is 20.3. The first-order valence-corrected chi connectivity index (χ1v) is 8.10. The number of nitrogens with zero attached hydrogens (tertiary/aromatic N) is 1. The first-order valence-electron chi connectivity index (χ1n) is 8.10. The summed E-state index contributed by atoms with van der Waals surface area (Å²) >= 11 is 0. The summed E-state index contributed by atoms with van der Waals surface area (Å²) < 4.78 is 46.2. The summed E-state index contributed by atoms with van der Waals surface area (Å²) in [6.07, 6.45) is 0.353. The number of terminal acetylenes is 1. The van der Waals surface area contributed by atoms with Gasteiger partial charge in [0.25, 0.3) is 5.91 Å². The third kappa shape index (κ3) is 4.38. The second-order valence-electron chi connectivity index (χ2n) is 5.83. The lowest BCUT2D eigenvalue weighted by atomic mass is 10.2. The van der Waals surface area contributed by atoms with E-state index >= 15 is 0 Å². The van der Waals surface area contributed by atoms with E-state index in [1.807, 2.05) is 0 Å². The van der Waals surface area contributed by atoms with E-state index in [9.17, 15) is 18.0 Å². The molecule has 0 radical (unpaired) electrons. The fourth-order valence-electron chi connectivity index (χ4n) is 2.61. The standard InChI is InChI=1S/C20H15F3N2O3/c1-3-10-27-15-8-5-14(6-9-15)25(2)19(26)18-11-13-4-7-16(12-17(13)24-18)28-20(21,22)23/h1,4-9,11-12,24H,10H2,2H3. The molecule has 0 aliphatic carbocycles. The third-order valence-corrected chi connectivity index (χ3v) is 3.91. The van der Waals surface area contributed by atoms with Crippen molar-refractivity contribution in [3.63, 3.8) is 0 Å². The molecule has 1 aromatic heterocycles. The molecule has 0 atom stereocenters. The third-order valence-electron chi connectivity index (χ3n) is 3.91. The number of carbonyl (C=O) groups excluding carboxylic acids is 1. The lowest BCUT2D eigenvalue weighted by molar-refractivity contribution is -0.274. The summed E-state index contributed by atoms with van der Waals surface area (Å²) in [6.45, 7) is 0.142. The Morgan fingerprint density at radius 2 is 1.82 bits per heavy atom. The lowest BCUT2D eigenvalue weighted by Crippen LogP contribution is -2.26. The molecule has 0 fully saturated rings. The number of aromatic amines is 1. The minimum atomic E-state index is -4.78. The van der Waals surface area contributed by atoms with Crippen LogP contribution in [0.1, 0.15) is 10.5 Å². The smallest absolute Gasteiger partial charge is 0.481 e. The van der Waals surface area contributed by atoms with E-state index in [1.165, 1.54) is 23.1 Å². The van der Waals surface area contributed by atoms with Crippen LogP contribution in [0.3, 0.4) is 0 Å². The number of hydrogen-bond donors (Lipinski definition) is 1. The van der Waals surface area contributed by atoms with Gasteiger partial charge in [0.15, 0.2) is 0 Å². The first-order chi connectivity index (χ1) is 13.3. The molecule has 0 spiro atoms. The van der Waals surface area contributed by atoms with Gasteiger partial charge in [0.2, 0.25) is 0 Å². The highest BCUT2D eigenvalue weighted by molar-refractivity contribution is 6.07. The largest absolute Gasteiger partial charge is 0.573 e. The number of hydrogen-bond acceptors (Lipinski definition) is 3. The summed E-state index contributed by atoms with van der Waals surface area (Å²) in [6, 6.07) is 12.2. The molecule has 2 aromatic carbocycles. The summed E-state index contributed by atoms with van der Waals surface area (Å²) in [5, 5.41) is 0.587. The molecule has 0 saturated carbocycles. The maximum absolute atomic E-state index is 12.7. The molecule has 3 aromatic rings. The van der Waals surface area contributed by atoms with Gasteiger partial charge in [-0.05, 0) is 42.5 Å². The number of anilines is 1. The molecule has 8 heteroatoms. The second kappa shape index (κ2) is 7.56. The monoisotopic (exact) mass is 388 g/mol. The van der Waals surface area contributed by atoms with Crippen LogP contribution >= 0.6 is 0 Å². The number of amides is 1. The van der Waals surface area contributed by atoms with Crippen LogP contribution in [0.2, 0.25) is 0 Å². The molecule has 144 valence electrons. The minimum Gasteiger partial charge on any atom is -0.481 e. The van der Waals surface area contributed by atoms with Gasteiger partial charge >= 0.3 is 6.36 Å². The molecular weight excluding hydrogens is 373 g/mol. The number of aromatic nitrogens is 1. The van der Waals surface area contributed by atoms with Crippen molar-refractivity contribution >= 4 is 22.5 Å². The van der Waals surface area contributed by atoms with Crippen LogP contribution in [0, 0.1) is 12.3 Å². The van der Waals surface area contributed by atoms with E-state index in [1.54, 1.807) is 37.4 Å². The van der Waals surface area contributed by atoms with E-state index in [4.69, 9.17) is 11.2 Å². The van der Waals surface area contributed by atoms with E-state index in [2.05, 4.69) is 15.6 Å². The molecule has 0 saturated heterocycles. The Bertz CT molecular complexity index is 1030. The van der Waals surface area contributed by atoms with Crippen LogP contribution in [0.5, 0.6) is 11.5 Å². The number of benzene rings is 2. The average molecular weight is 388 g/mol. The van der Waals surface area contributed by atoms with Crippen LogP contribution in [0.4, 0.5) is 18.9 Å². The van der Waals surface area contributed by atoms with Gasteiger partial charge in [0, 0.05) is 29.7 Å². The van der Waals surface area contributed by atoms with Gasteiger partial charge in [0.05, 0.1) is 0 Å². The molecule has 1 amide bonds. The van der Waals surface area contributed by atoms with Crippen molar-refractivity contribution in [3.8, 4) is 23.8 Å². The predicted octanol–water partition coefficient (Wildman–Crippen LogP) is 4.36. The van der Waals surface area contributed by atoms with E-state index in [0.29, 0.717) is 22.3 Å². The summed E-state index contributed by atoms with van der Waals surface area (Å²) in [4.78, 5) is 16.9. The Balaban J connectivity index is 1.79. The summed E-state index contributed by atoms with van der Waals surface area (Å²) in [7, 11) is 1.59. The van der Waals surface area contributed by atoms with Gasteiger partial charge in [-0.3, -0.25) is 4.79 Å². The van der Waals surface area contributed by atoms with Crippen molar-refractivity contribution in [2.24, 2.45) is 0 Å². The maximum Gasteiger partial charge on any atom is 0.573 e. The number of fused-ring (bicyclic) bond motifs is 1. The molecule has 0 aliphatic heterocycles. The van der Waals surface area contributed by atoms with E-state index in [0.717, 1.165) is 0 Å². The van der Waals surface area contributed by atoms with Crippen LogP contribution in [-0.2, 0) is 0 Å². The Labute approximate surface area is 158 Å². The molecular formula is C20H15F3N2O3. The van der Waals surface area contributed by atoms with Gasteiger partial charge in [-0.2, -0.15) is 0 Å². The van der Waals surface area contributed by atoms with Crippen LogP contribution in [-0.4, -0.2) is 30.9 Å². The predicted molar refractivity (Wildman–Crippen MR) is 98.5 cm³/mol. The zero-order valence-corrected chi connectivity index (χ0v) is 14.7. The van der Waals surface area contributed by atoms with Gasteiger partial charge in [-0.15, -0.1) is 19.6 Å². The van der Waals surface area contributed by atoms with Gasteiger partial charge in [-0.1, -0.05) is 5.92 Å². The number of halogens is 3. The Morgan fingerprint density at radius 1 is 1.14 bits per heavy atom. The van der Waals surface area contributed by atoms with Crippen LogP contribution in [0.15, 0.2) is 48.5 Å². The van der Waals surface area contributed by atoms with E-state index < -0.39 is 6.36 Å². The molecule has 28 heavy (non-hydrogen) atoms. The SMILES string of the molecule is C#CCOc1ccc(N(C)C(=O)c2cc3ccc(OC(F)(F)F)cc3[nH]2)cc1. The first kappa shape index (κ1) is 19.2. The topological polar surface area (TPSA) is 54.6 Å². The van der Waals surface area contributed by atoms with Crippen molar-refractivity contribution < 1.29 is 27.4 Å². The molecule has 5 nitrogen and oxygen atoms in total. The fourth-order valence-corrected chi connectivity index (χ4v) is 2.61. The Kier molecular flexibility index (Phi) is 5.18. The molecule has 0 aliphatic rings. The number of ether oxygens (including phenoxy) is 2. The average Bonchev–Trinajstić information content (AvgIpc) is 3.07. The Morgan fingerprint density at radius 3 is 2.46 bits per heavy atom. The van der Waals surface area contributed by atoms with Gasteiger partial charge < -0.3 is 19.4 Å². The number of alkyl halides is 3. The number of nitrogens with one attached hydrogen (secondary N) is 1. The van der Waals surface area contributed by atoms with Gasteiger partial charge in [0.1, 0.15) is 23.8 Å². The van der Waals surface area contributed by atoms with Gasteiger partial charge in [-0.25, -0.2) is 0 Å². The molecule has 0 unspecified atom stereocenters. The quantitative estimate of drug-likeness (QED) is 0.661. The number of rotatable bonds is 5. The highest BCUT2D eigenvalue weighted by Gasteiger charge is 2.31. The van der Waals surface area contributed by atoms with E-state index in [-0.39, 0.29) is 24.0 Å². The number of carbonyl (C=O) groups is 1. The molecule has 3 rings (SSSR count). The lowest BCUT2D eigenvalue weighted by Gasteiger charge is -2.16. The normalized spacial score (nSPS) is 11.1. The fraction of sp³-hybridized carbons (Fsp3) is 0.150. The van der Waals surface area contributed by atoms with Crippen molar-refractivity contribution in [2.45, 2.75) is 6.36 Å². The molecule has 1 N–H and O–H groups in total. The Hall–Kier alpha value is -3.60. The minimum absolute atomic E-state index is 0.142. The second-order valence-corrected chi connectivity index (χ2v) is 5.83. The highest BCUT2D eigenvalue weighted by atomic mass is 19.4. The van der Waals surface area contributed by atoms with Crippen LogP contribution < -0.4 is 14.4 Å². The summed E-state index contributed by atoms with van der Waals surface area (Å²) in [5.41, 5.74) is 1.20. The van der Waals surface area contributed by atoms with Crippen molar-refractivity contribution in [1.82, 2.24) is 4.98 Å².